The van der Waals surface area contributed by atoms with Crippen molar-refractivity contribution in [1.82, 2.24) is 10.3 Å². The zero-order chi connectivity index (χ0) is 20.1. The maximum Gasteiger partial charge on any atom is 0.184 e. The van der Waals surface area contributed by atoms with Gasteiger partial charge in [0.1, 0.15) is 0 Å². The molecule has 0 unspecified atom stereocenters. The van der Waals surface area contributed by atoms with Gasteiger partial charge in [0.05, 0.1) is 11.9 Å². The van der Waals surface area contributed by atoms with E-state index >= 15 is 0 Å². The number of piperazine rings is 1. The van der Waals surface area contributed by atoms with Crippen LogP contribution in [0.3, 0.4) is 0 Å². The molecule has 1 aliphatic heterocycles. The van der Waals surface area contributed by atoms with E-state index in [4.69, 9.17) is 17.3 Å². The number of nitrogens with two attached hydrogens (primary N) is 1. The molecule has 0 aliphatic carbocycles. The van der Waals surface area contributed by atoms with Gasteiger partial charge in [-0.15, -0.1) is 0 Å². The van der Waals surface area contributed by atoms with Crippen LogP contribution in [0.25, 0.3) is 0 Å². The summed E-state index contributed by atoms with van der Waals surface area (Å²) in [6, 6.07) is 10.8. The second kappa shape index (κ2) is 9.27. The van der Waals surface area contributed by atoms with Gasteiger partial charge in [-0.25, -0.2) is 8.78 Å². The molecule has 0 spiro atoms. The molecule has 1 aliphatic rings. The molecule has 0 amide bonds. The first-order chi connectivity index (χ1) is 13.4. The van der Waals surface area contributed by atoms with E-state index in [1.165, 1.54) is 6.07 Å². The van der Waals surface area contributed by atoms with Crippen LogP contribution in [0, 0.1) is 11.6 Å². The molecule has 0 radical (unpaired) electrons. The second-order valence-corrected chi connectivity index (χ2v) is 7.31. The Kier molecular flexibility index (Phi) is 6.77. The van der Waals surface area contributed by atoms with Crippen LogP contribution >= 0.6 is 23.8 Å². The zero-order valence-corrected chi connectivity index (χ0v) is 16.6. The molecule has 0 saturated carbocycles. The molecule has 1 saturated heterocycles. The molecule has 148 valence electrons. The van der Waals surface area contributed by atoms with Crippen molar-refractivity contribution < 1.29 is 8.78 Å². The molecule has 3 N–H and O–H groups in total. The van der Waals surface area contributed by atoms with Gasteiger partial charge in [-0.1, -0.05) is 23.7 Å². The van der Waals surface area contributed by atoms with Crippen molar-refractivity contribution in [2.45, 2.75) is 6.54 Å². The van der Waals surface area contributed by atoms with Gasteiger partial charge in [0, 0.05) is 43.3 Å². The first kappa shape index (κ1) is 20.4. The quantitative estimate of drug-likeness (QED) is 0.439. The van der Waals surface area contributed by atoms with E-state index in [0.717, 1.165) is 31.4 Å². The number of hydrogen-bond acceptors (Lipinski definition) is 4. The van der Waals surface area contributed by atoms with E-state index in [2.05, 4.69) is 27.6 Å². The van der Waals surface area contributed by atoms with Gasteiger partial charge in [-0.2, -0.15) is 5.10 Å². The Labute approximate surface area is 172 Å². The lowest BCUT2D eigenvalue weighted by molar-refractivity contribution is 0.249. The van der Waals surface area contributed by atoms with Crippen LogP contribution in [-0.4, -0.2) is 42.4 Å². The van der Waals surface area contributed by atoms with Crippen molar-refractivity contribution in [2.24, 2.45) is 10.8 Å². The highest BCUT2D eigenvalue weighted by molar-refractivity contribution is 7.80. The third-order valence-electron chi connectivity index (χ3n) is 4.48. The van der Waals surface area contributed by atoms with E-state index in [1.807, 2.05) is 29.2 Å². The van der Waals surface area contributed by atoms with Crippen LogP contribution in [0.5, 0.6) is 0 Å². The number of halogens is 3. The summed E-state index contributed by atoms with van der Waals surface area (Å²) < 4.78 is 28.9. The minimum absolute atomic E-state index is 0.0181. The summed E-state index contributed by atoms with van der Waals surface area (Å²) in [6.45, 7) is 3.47. The number of nitrogens with zero attached hydrogens (tertiary/aromatic N) is 3. The number of nitrogens with one attached hydrogen (secondary N) is 1. The molecule has 3 rings (SSSR count). The van der Waals surface area contributed by atoms with Gasteiger partial charge in [0.25, 0.3) is 0 Å². The normalized spacial score (nSPS) is 15.2. The van der Waals surface area contributed by atoms with Crippen molar-refractivity contribution in [3.63, 3.8) is 0 Å². The van der Waals surface area contributed by atoms with E-state index in [9.17, 15) is 8.78 Å². The maximum absolute atomic E-state index is 14.5. The van der Waals surface area contributed by atoms with Gasteiger partial charge in [-0.05, 0) is 42.0 Å². The number of hydrazone groups is 1. The van der Waals surface area contributed by atoms with Crippen molar-refractivity contribution in [2.75, 3.05) is 31.1 Å². The molecular formula is C19H20ClF2N5S. The first-order valence-electron chi connectivity index (χ1n) is 8.72. The van der Waals surface area contributed by atoms with E-state index < -0.39 is 11.6 Å². The van der Waals surface area contributed by atoms with Gasteiger partial charge < -0.3 is 10.6 Å². The largest absolute Gasteiger partial charge is 0.375 e. The summed E-state index contributed by atoms with van der Waals surface area (Å²) in [5.41, 5.74) is 8.95. The van der Waals surface area contributed by atoms with Crippen molar-refractivity contribution in [3.05, 3.63) is 64.2 Å². The second-order valence-electron chi connectivity index (χ2n) is 6.43. The molecule has 2 aromatic carbocycles. The molecule has 5 nitrogen and oxygen atoms in total. The number of anilines is 1. The highest BCUT2D eigenvalue weighted by Crippen LogP contribution is 2.25. The Hall–Kier alpha value is -2.29. The highest BCUT2D eigenvalue weighted by atomic mass is 35.5. The molecule has 1 fully saturated rings. The van der Waals surface area contributed by atoms with Crippen molar-refractivity contribution in [1.29, 1.82) is 0 Å². The summed E-state index contributed by atoms with van der Waals surface area (Å²) in [5, 5.41) is 4.32. The van der Waals surface area contributed by atoms with E-state index in [-0.39, 0.29) is 16.4 Å². The average molecular weight is 424 g/mol. The Balaban J connectivity index is 1.63. The third-order valence-corrected chi connectivity index (χ3v) is 4.80. The van der Waals surface area contributed by atoms with Crippen LogP contribution in [0.2, 0.25) is 5.02 Å². The Bertz CT molecular complexity index is 885. The zero-order valence-electron chi connectivity index (χ0n) is 15.0. The number of thiocarbonyl (C=S) groups is 1. The molecule has 1 heterocycles. The van der Waals surface area contributed by atoms with E-state index in [0.29, 0.717) is 18.1 Å². The molecule has 0 bridgehead atoms. The lowest BCUT2D eigenvalue weighted by Crippen LogP contribution is -2.46. The van der Waals surface area contributed by atoms with Crippen LogP contribution in [-0.2, 0) is 6.54 Å². The standard InChI is InChI=1S/C19H20ClF2N5S/c20-15-3-1-2-13(10-15)12-26-6-8-27(9-7-26)16-5-4-14(17(21)18(16)22)11-24-25-19(23)28/h1-5,10-11H,6-9,12H2,(H3,23,25,28)/b24-11+. The summed E-state index contributed by atoms with van der Waals surface area (Å²) in [4.78, 5) is 4.11. The maximum atomic E-state index is 14.5. The summed E-state index contributed by atoms with van der Waals surface area (Å²) in [6.07, 6.45) is 1.14. The van der Waals surface area contributed by atoms with Gasteiger partial charge in [0.2, 0.25) is 0 Å². The van der Waals surface area contributed by atoms with Gasteiger partial charge in [0.15, 0.2) is 16.7 Å². The van der Waals surface area contributed by atoms with Crippen LogP contribution in [0.4, 0.5) is 14.5 Å². The predicted octanol–water partition coefficient (Wildman–Crippen LogP) is 3.11. The van der Waals surface area contributed by atoms with Gasteiger partial charge in [-0.3, -0.25) is 10.3 Å². The average Bonchev–Trinajstić information content (AvgIpc) is 2.66. The Morgan fingerprint density at radius 2 is 1.93 bits per heavy atom. The van der Waals surface area contributed by atoms with Crippen molar-refractivity contribution in [3.8, 4) is 0 Å². The number of rotatable bonds is 5. The highest BCUT2D eigenvalue weighted by Gasteiger charge is 2.22. The fourth-order valence-corrected chi connectivity index (χ4v) is 3.37. The SMILES string of the molecule is NC(=S)N/N=C/c1ccc(N2CCN(Cc3cccc(Cl)c3)CC2)c(F)c1F. The molecule has 2 aromatic rings. The Morgan fingerprint density at radius 3 is 2.61 bits per heavy atom. The molecular weight excluding hydrogens is 404 g/mol. The summed E-state index contributed by atoms with van der Waals surface area (Å²) in [5.74, 6) is -1.84. The van der Waals surface area contributed by atoms with Crippen molar-refractivity contribution >= 4 is 40.8 Å². The van der Waals surface area contributed by atoms with Crippen LogP contribution in [0.15, 0.2) is 41.5 Å². The smallest absolute Gasteiger partial charge is 0.184 e. The van der Waals surface area contributed by atoms with Gasteiger partial charge >= 0.3 is 0 Å². The molecule has 0 atom stereocenters. The monoisotopic (exact) mass is 423 g/mol. The predicted molar refractivity (Wildman–Crippen MR) is 113 cm³/mol. The van der Waals surface area contributed by atoms with Crippen LogP contribution < -0.4 is 16.1 Å². The minimum Gasteiger partial charge on any atom is -0.375 e. The van der Waals surface area contributed by atoms with Crippen LogP contribution in [0.1, 0.15) is 11.1 Å². The fourth-order valence-electron chi connectivity index (χ4n) is 3.10. The topological polar surface area (TPSA) is 56.9 Å². The van der Waals surface area contributed by atoms with E-state index in [1.54, 1.807) is 6.07 Å². The lowest BCUT2D eigenvalue weighted by Gasteiger charge is -2.36. The fraction of sp³-hybridized carbons (Fsp3) is 0.263. The minimum atomic E-state index is -0.952. The summed E-state index contributed by atoms with van der Waals surface area (Å²) >= 11 is 10.6. The first-order valence-corrected chi connectivity index (χ1v) is 9.51. The molecule has 28 heavy (non-hydrogen) atoms. The number of benzene rings is 2. The third kappa shape index (κ3) is 5.15. The molecule has 9 heteroatoms. The Morgan fingerprint density at radius 1 is 1.18 bits per heavy atom. The summed E-state index contributed by atoms with van der Waals surface area (Å²) in [7, 11) is 0. The molecule has 0 aromatic heterocycles. The number of hydrogen-bond donors (Lipinski definition) is 2. The lowest BCUT2D eigenvalue weighted by atomic mass is 10.1.